The summed E-state index contributed by atoms with van der Waals surface area (Å²) in [6, 6.07) is 0. The van der Waals surface area contributed by atoms with Gasteiger partial charge >= 0.3 is 0 Å². The fraction of sp³-hybridized carbons (Fsp3) is 0.389. The summed E-state index contributed by atoms with van der Waals surface area (Å²) in [6.07, 6.45) is 14.7. The minimum atomic E-state index is -3.10. The molecule has 4 rings (SSSR count). The van der Waals surface area contributed by atoms with E-state index in [1.54, 1.807) is 22.9 Å². The number of aromatic amines is 1. The zero-order valence-electron chi connectivity index (χ0n) is 16.5. The molecular weight excluding hydrogens is 424 g/mol. The number of sulfonamides is 1. The van der Waals surface area contributed by atoms with Gasteiger partial charge in [-0.3, -0.25) is 14.6 Å². The number of nitrogens with zero attached hydrogens (tertiary/aromatic N) is 5. The lowest BCUT2D eigenvalue weighted by Gasteiger charge is -2.29. The maximum Gasteiger partial charge on any atom is 0.211 e. The summed E-state index contributed by atoms with van der Waals surface area (Å²) in [6.45, 7) is 1.14. The smallest absolute Gasteiger partial charge is 0.211 e. The zero-order chi connectivity index (χ0) is 21.1. The van der Waals surface area contributed by atoms with E-state index >= 15 is 0 Å². The average Bonchev–Trinajstić information content (AvgIpc) is 3.40. The van der Waals surface area contributed by atoms with E-state index in [4.69, 9.17) is 5.14 Å². The van der Waals surface area contributed by atoms with Gasteiger partial charge in [-0.25, -0.2) is 22.7 Å². The maximum absolute atomic E-state index is 11.7. The maximum atomic E-state index is 11.7. The van der Waals surface area contributed by atoms with Crippen LogP contribution in [0.25, 0.3) is 16.9 Å². The van der Waals surface area contributed by atoms with Crippen molar-refractivity contribution in [1.82, 2.24) is 28.9 Å². The van der Waals surface area contributed by atoms with Crippen molar-refractivity contribution >= 4 is 33.4 Å². The number of hydrogen-bond acceptors (Lipinski definition) is 8. The van der Waals surface area contributed by atoms with Gasteiger partial charge in [-0.15, -0.1) is 0 Å². The van der Waals surface area contributed by atoms with Crippen LogP contribution in [0.4, 0.5) is 5.82 Å². The largest absolute Gasteiger partial charge is 0.331 e. The molecule has 3 aromatic heterocycles. The van der Waals surface area contributed by atoms with Crippen LogP contribution in [0.15, 0.2) is 42.1 Å². The Labute approximate surface area is 179 Å². The Hall–Kier alpha value is -2.41. The van der Waals surface area contributed by atoms with E-state index in [1.807, 2.05) is 16.8 Å². The van der Waals surface area contributed by atoms with E-state index in [2.05, 4.69) is 31.6 Å². The second-order valence-electron chi connectivity index (χ2n) is 7.25. The van der Waals surface area contributed by atoms with Gasteiger partial charge in [0.25, 0.3) is 0 Å². The molecule has 1 aliphatic rings. The Kier molecular flexibility index (Phi) is 6.09. The summed E-state index contributed by atoms with van der Waals surface area (Å²) < 4.78 is 26.8. The zero-order valence-corrected chi connectivity index (χ0v) is 18.2. The molecule has 0 amide bonds. The van der Waals surface area contributed by atoms with Crippen LogP contribution in [-0.4, -0.2) is 56.6 Å². The fourth-order valence-electron chi connectivity index (χ4n) is 3.61. The van der Waals surface area contributed by atoms with E-state index in [1.165, 1.54) is 6.26 Å². The van der Waals surface area contributed by atoms with Gasteiger partial charge in [-0.05, 0) is 37.1 Å². The molecule has 0 spiro atoms. The summed E-state index contributed by atoms with van der Waals surface area (Å²) in [5, 5.41) is 16.7. The number of fused-ring (bicyclic) bond motifs is 1. The van der Waals surface area contributed by atoms with Gasteiger partial charge < -0.3 is 5.32 Å². The first-order valence-corrected chi connectivity index (χ1v) is 12.3. The van der Waals surface area contributed by atoms with Crippen molar-refractivity contribution < 1.29 is 8.42 Å². The van der Waals surface area contributed by atoms with Crippen molar-refractivity contribution in [3.63, 3.8) is 0 Å². The minimum absolute atomic E-state index is 0.426. The van der Waals surface area contributed by atoms with Gasteiger partial charge in [0.05, 0.1) is 29.4 Å². The molecular formula is C18H24N8O2S2. The van der Waals surface area contributed by atoms with Gasteiger partial charge in [-0.2, -0.15) is 5.10 Å². The molecule has 1 fully saturated rings. The molecule has 4 heterocycles. The van der Waals surface area contributed by atoms with Gasteiger partial charge in [0.2, 0.25) is 10.0 Å². The Morgan fingerprint density at radius 2 is 2.17 bits per heavy atom. The van der Waals surface area contributed by atoms with Crippen LogP contribution in [0.2, 0.25) is 0 Å². The van der Waals surface area contributed by atoms with Crippen LogP contribution < -0.4 is 10.5 Å². The first kappa shape index (κ1) is 20.8. The quantitative estimate of drug-likeness (QED) is 0.468. The number of allylic oxidation sites excluding steroid dienone is 1. The third-order valence-electron chi connectivity index (χ3n) is 5.27. The molecule has 160 valence electrons. The molecule has 1 aliphatic heterocycles. The van der Waals surface area contributed by atoms with E-state index < -0.39 is 10.0 Å². The molecule has 3 aromatic rings. The first-order valence-electron chi connectivity index (χ1n) is 9.56. The lowest BCUT2D eigenvalue weighted by Crippen LogP contribution is -2.37. The van der Waals surface area contributed by atoms with Crippen LogP contribution in [-0.2, 0) is 10.0 Å². The van der Waals surface area contributed by atoms with Gasteiger partial charge in [0.15, 0.2) is 11.5 Å². The van der Waals surface area contributed by atoms with Crippen LogP contribution in [0.3, 0.4) is 0 Å². The van der Waals surface area contributed by atoms with Crippen molar-refractivity contribution in [3.8, 4) is 11.3 Å². The molecule has 0 unspecified atom stereocenters. The second kappa shape index (κ2) is 8.76. The number of piperidine rings is 1. The predicted molar refractivity (Wildman–Crippen MR) is 118 cm³/mol. The summed E-state index contributed by atoms with van der Waals surface area (Å²) in [5.74, 6) is 1.04. The molecule has 12 heteroatoms. The van der Waals surface area contributed by atoms with E-state index in [0.29, 0.717) is 30.5 Å². The van der Waals surface area contributed by atoms with Crippen LogP contribution in [0.5, 0.6) is 0 Å². The molecule has 0 saturated carbocycles. The van der Waals surface area contributed by atoms with Crippen molar-refractivity contribution in [1.29, 1.82) is 0 Å². The molecule has 0 radical (unpaired) electrons. The van der Waals surface area contributed by atoms with E-state index in [-0.39, 0.29) is 0 Å². The second-order valence-corrected chi connectivity index (χ2v) is 9.91. The summed E-state index contributed by atoms with van der Waals surface area (Å²) in [4.78, 5) is 8.92. The number of nitrogens with two attached hydrogens (primary N) is 1. The predicted octanol–water partition coefficient (Wildman–Crippen LogP) is 2.04. The lowest BCUT2D eigenvalue weighted by molar-refractivity contribution is 0.276. The Bertz CT molecular complexity index is 1130. The highest BCUT2D eigenvalue weighted by molar-refractivity contribution is 8.01. The molecule has 0 atom stereocenters. The van der Waals surface area contributed by atoms with Crippen LogP contribution in [0, 0.1) is 5.92 Å². The number of imidazole rings is 1. The third-order valence-corrected chi connectivity index (χ3v) is 7.10. The Morgan fingerprint density at radius 3 is 2.83 bits per heavy atom. The molecule has 4 N–H and O–H groups in total. The monoisotopic (exact) mass is 448 g/mol. The van der Waals surface area contributed by atoms with Gasteiger partial charge in [-0.1, -0.05) is 6.08 Å². The standard InChI is InChI=1S/C18H24N8O2S2/c1-30(27,28)25-7-4-13(5-8-25)2-3-16(29-19)24-17-18-21-12-15(14-10-22-23-11-14)26(18)9-6-20-17/h3,6,9-13H,2,4-5,7-8,19H2,1H3,(H,20,24)(H,22,23)/b16-3-. The normalized spacial score (nSPS) is 16.9. The van der Waals surface area contributed by atoms with E-state index in [9.17, 15) is 8.42 Å². The SMILES string of the molecule is CS(=O)(=O)N1CCC(C/C=C(/Nc2nccn3c(-c4cn[nH]c4)cnc23)SN)CC1. The molecule has 1 saturated heterocycles. The molecule has 10 nitrogen and oxygen atoms in total. The summed E-state index contributed by atoms with van der Waals surface area (Å²) >= 11 is 1.12. The van der Waals surface area contributed by atoms with Crippen molar-refractivity contribution in [3.05, 3.63) is 42.1 Å². The third kappa shape index (κ3) is 4.51. The number of anilines is 1. The average molecular weight is 449 g/mol. The number of rotatable bonds is 7. The fourth-order valence-corrected chi connectivity index (χ4v) is 4.83. The van der Waals surface area contributed by atoms with Gasteiger partial charge in [0, 0.05) is 37.2 Å². The number of aromatic nitrogens is 5. The Morgan fingerprint density at radius 1 is 1.37 bits per heavy atom. The number of nitrogens with one attached hydrogen (secondary N) is 2. The minimum Gasteiger partial charge on any atom is -0.331 e. The first-order chi connectivity index (χ1) is 14.5. The molecule has 0 bridgehead atoms. The number of hydrogen-bond donors (Lipinski definition) is 3. The number of H-pyrrole nitrogens is 1. The summed E-state index contributed by atoms with van der Waals surface area (Å²) in [5.41, 5.74) is 2.53. The highest BCUT2D eigenvalue weighted by Gasteiger charge is 2.24. The van der Waals surface area contributed by atoms with Crippen LogP contribution >= 0.6 is 11.9 Å². The van der Waals surface area contributed by atoms with Crippen molar-refractivity contribution in [2.45, 2.75) is 19.3 Å². The highest BCUT2D eigenvalue weighted by Crippen LogP contribution is 2.26. The lowest BCUT2D eigenvalue weighted by atomic mass is 9.95. The summed E-state index contributed by atoms with van der Waals surface area (Å²) in [7, 11) is -3.10. The molecule has 0 aromatic carbocycles. The highest BCUT2D eigenvalue weighted by atomic mass is 32.2. The molecule has 0 aliphatic carbocycles. The van der Waals surface area contributed by atoms with Crippen LogP contribution in [0.1, 0.15) is 19.3 Å². The van der Waals surface area contributed by atoms with E-state index in [0.717, 1.165) is 47.5 Å². The topological polar surface area (TPSA) is 134 Å². The van der Waals surface area contributed by atoms with Crippen molar-refractivity contribution in [2.75, 3.05) is 24.7 Å². The van der Waals surface area contributed by atoms with Gasteiger partial charge in [0.1, 0.15) is 0 Å². The molecule has 30 heavy (non-hydrogen) atoms. The van der Waals surface area contributed by atoms with Crippen molar-refractivity contribution in [2.24, 2.45) is 11.1 Å². The Balaban J connectivity index is 1.46.